The summed E-state index contributed by atoms with van der Waals surface area (Å²) in [6.07, 6.45) is 0.821. The van der Waals surface area contributed by atoms with Crippen LogP contribution in [0.2, 0.25) is 0 Å². The van der Waals surface area contributed by atoms with E-state index >= 15 is 0 Å². The minimum Gasteiger partial charge on any atom is -0.394 e. The van der Waals surface area contributed by atoms with Gasteiger partial charge in [0, 0.05) is 10.2 Å². The number of rotatable bonds is 4. The molecular formula is C12H15BrN2O. The van der Waals surface area contributed by atoms with Crippen molar-refractivity contribution in [2.45, 2.75) is 25.8 Å². The van der Waals surface area contributed by atoms with Crippen molar-refractivity contribution >= 4 is 21.6 Å². The molecule has 0 fully saturated rings. The molecular weight excluding hydrogens is 268 g/mol. The number of hydrogen-bond donors (Lipinski definition) is 2. The van der Waals surface area contributed by atoms with E-state index in [0.29, 0.717) is 5.56 Å². The van der Waals surface area contributed by atoms with Gasteiger partial charge in [-0.3, -0.25) is 0 Å². The molecule has 1 aromatic carbocycles. The highest BCUT2D eigenvalue weighted by Crippen LogP contribution is 2.24. The maximum atomic E-state index is 9.29. The number of benzene rings is 1. The van der Waals surface area contributed by atoms with Gasteiger partial charge in [-0.05, 0) is 47.5 Å². The molecule has 0 aliphatic carbocycles. The van der Waals surface area contributed by atoms with Crippen LogP contribution in [0.3, 0.4) is 0 Å². The van der Waals surface area contributed by atoms with E-state index in [-0.39, 0.29) is 12.1 Å². The summed E-state index contributed by atoms with van der Waals surface area (Å²) in [5.74, 6) is 0. The zero-order valence-electron chi connectivity index (χ0n) is 9.42. The molecule has 0 saturated heterocycles. The van der Waals surface area contributed by atoms with E-state index in [1.807, 2.05) is 26.0 Å². The summed E-state index contributed by atoms with van der Waals surface area (Å²) in [4.78, 5) is 0. The largest absolute Gasteiger partial charge is 0.394 e. The molecule has 0 amide bonds. The number of nitriles is 1. The standard InChI is InChI=1S/C12H15BrN2O/c1-3-12(2,8-16)15-10-5-4-9(7-14)11(13)6-10/h4-6,15-16H,3,8H2,1-2H3. The van der Waals surface area contributed by atoms with E-state index < -0.39 is 0 Å². The Morgan fingerprint density at radius 2 is 2.25 bits per heavy atom. The summed E-state index contributed by atoms with van der Waals surface area (Å²) >= 11 is 3.33. The van der Waals surface area contributed by atoms with E-state index in [0.717, 1.165) is 16.6 Å². The Labute approximate surface area is 104 Å². The van der Waals surface area contributed by atoms with Gasteiger partial charge in [-0.15, -0.1) is 0 Å². The molecule has 2 N–H and O–H groups in total. The van der Waals surface area contributed by atoms with Crippen molar-refractivity contribution < 1.29 is 5.11 Å². The van der Waals surface area contributed by atoms with Gasteiger partial charge in [-0.1, -0.05) is 6.92 Å². The Bertz CT molecular complexity index is 408. The van der Waals surface area contributed by atoms with E-state index in [2.05, 4.69) is 27.3 Å². The summed E-state index contributed by atoms with van der Waals surface area (Å²) in [5.41, 5.74) is 1.17. The van der Waals surface area contributed by atoms with Gasteiger partial charge >= 0.3 is 0 Å². The van der Waals surface area contributed by atoms with Gasteiger partial charge in [-0.25, -0.2) is 0 Å². The minimum absolute atomic E-state index is 0.0706. The third-order valence-corrected chi connectivity index (χ3v) is 3.32. The first-order valence-corrected chi connectivity index (χ1v) is 5.92. The molecule has 16 heavy (non-hydrogen) atoms. The van der Waals surface area contributed by atoms with Crippen molar-refractivity contribution in [1.82, 2.24) is 0 Å². The van der Waals surface area contributed by atoms with E-state index in [9.17, 15) is 5.11 Å². The van der Waals surface area contributed by atoms with Gasteiger partial charge in [0.1, 0.15) is 6.07 Å². The lowest BCUT2D eigenvalue weighted by atomic mass is 10.00. The van der Waals surface area contributed by atoms with E-state index in [1.165, 1.54) is 0 Å². The molecule has 0 aromatic heterocycles. The second-order valence-corrected chi connectivity index (χ2v) is 4.86. The molecule has 0 bridgehead atoms. The molecule has 0 saturated carbocycles. The Kier molecular flexibility index (Phi) is 4.34. The predicted octanol–water partition coefficient (Wildman–Crippen LogP) is 2.89. The van der Waals surface area contributed by atoms with Crippen molar-refractivity contribution in [3.8, 4) is 6.07 Å². The van der Waals surface area contributed by atoms with Crippen LogP contribution in [0.1, 0.15) is 25.8 Å². The first-order valence-electron chi connectivity index (χ1n) is 5.13. The SMILES string of the molecule is CCC(C)(CO)Nc1ccc(C#N)c(Br)c1. The van der Waals surface area contributed by atoms with Crippen LogP contribution in [0.25, 0.3) is 0 Å². The molecule has 3 nitrogen and oxygen atoms in total. The average molecular weight is 283 g/mol. The van der Waals surface area contributed by atoms with Gasteiger partial charge in [0.25, 0.3) is 0 Å². The molecule has 86 valence electrons. The van der Waals surface area contributed by atoms with Crippen molar-refractivity contribution in [3.05, 3.63) is 28.2 Å². The number of aliphatic hydroxyl groups is 1. The quantitative estimate of drug-likeness (QED) is 0.893. The number of nitrogens with zero attached hydrogens (tertiary/aromatic N) is 1. The fourth-order valence-electron chi connectivity index (χ4n) is 1.27. The normalized spacial score (nSPS) is 13.9. The molecule has 0 spiro atoms. The number of anilines is 1. The lowest BCUT2D eigenvalue weighted by molar-refractivity contribution is 0.219. The highest BCUT2D eigenvalue weighted by Gasteiger charge is 2.20. The van der Waals surface area contributed by atoms with Gasteiger partial charge in [0.2, 0.25) is 0 Å². The summed E-state index contributed by atoms with van der Waals surface area (Å²) in [5, 5.41) is 21.3. The Morgan fingerprint density at radius 1 is 1.56 bits per heavy atom. The minimum atomic E-state index is -0.326. The molecule has 0 aliphatic rings. The maximum absolute atomic E-state index is 9.29. The molecule has 0 heterocycles. The third-order valence-electron chi connectivity index (χ3n) is 2.66. The van der Waals surface area contributed by atoms with Crippen LogP contribution < -0.4 is 5.32 Å². The van der Waals surface area contributed by atoms with Gasteiger partial charge in [0.05, 0.1) is 17.7 Å². The molecule has 1 atom stereocenters. The zero-order chi connectivity index (χ0) is 12.2. The number of aliphatic hydroxyl groups excluding tert-OH is 1. The number of hydrogen-bond acceptors (Lipinski definition) is 3. The van der Waals surface area contributed by atoms with Crippen LogP contribution in [-0.4, -0.2) is 17.3 Å². The summed E-state index contributed by atoms with van der Waals surface area (Å²) < 4.78 is 0.761. The Hall–Kier alpha value is -1.05. The molecule has 4 heteroatoms. The topological polar surface area (TPSA) is 56.0 Å². The van der Waals surface area contributed by atoms with Crippen molar-refractivity contribution in [1.29, 1.82) is 5.26 Å². The molecule has 1 aromatic rings. The predicted molar refractivity (Wildman–Crippen MR) is 68.3 cm³/mol. The number of nitrogens with one attached hydrogen (secondary N) is 1. The van der Waals surface area contributed by atoms with E-state index in [1.54, 1.807) is 6.07 Å². The van der Waals surface area contributed by atoms with Crippen molar-refractivity contribution in [3.63, 3.8) is 0 Å². The fourth-order valence-corrected chi connectivity index (χ4v) is 1.74. The smallest absolute Gasteiger partial charge is 0.100 e. The zero-order valence-corrected chi connectivity index (χ0v) is 11.0. The Morgan fingerprint density at radius 3 is 2.69 bits per heavy atom. The molecule has 0 radical (unpaired) electrons. The van der Waals surface area contributed by atoms with Crippen LogP contribution in [0.5, 0.6) is 0 Å². The van der Waals surface area contributed by atoms with Crippen LogP contribution in [0.4, 0.5) is 5.69 Å². The highest BCUT2D eigenvalue weighted by atomic mass is 79.9. The summed E-state index contributed by atoms with van der Waals surface area (Å²) in [6, 6.07) is 7.53. The molecule has 1 rings (SSSR count). The number of halogens is 1. The summed E-state index contributed by atoms with van der Waals surface area (Å²) in [6.45, 7) is 4.04. The molecule has 1 unspecified atom stereocenters. The van der Waals surface area contributed by atoms with E-state index in [4.69, 9.17) is 5.26 Å². The van der Waals surface area contributed by atoms with Gasteiger partial charge < -0.3 is 10.4 Å². The second-order valence-electron chi connectivity index (χ2n) is 4.00. The lowest BCUT2D eigenvalue weighted by Crippen LogP contribution is -2.37. The van der Waals surface area contributed by atoms with Crippen LogP contribution >= 0.6 is 15.9 Å². The van der Waals surface area contributed by atoms with Gasteiger partial charge in [0.15, 0.2) is 0 Å². The first-order chi connectivity index (χ1) is 7.54. The van der Waals surface area contributed by atoms with Crippen molar-refractivity contribution in [2.75, 3.05) is 11.9 Å². The fraction of sp³-hybridized carbons (Fsp3) is 0.417. The monoisotopic (exact) mass is 282 g/mol. The average Bonchev–Trinajstić information content (AvgIpc) is 2.29. The van der Waals surface area contributed by atoms with Crippen molar-refractivity contribution in [2.24, 2.45) is 0 Å². The maximum Gasteiger partial charge on any atom is 0.100 e. The first kappa shape index (κ1) is 13.0. The Balaban J connectivity index is 2.91. The van der Waals surface area contributed by atoms with Gasteiger partial charge in [-0.2, -0.15) is 5.26 Å². The van der Waals surface area contributed by atoms with Crippen LogP contribution in [0.15, 0.2) is 22.7 Å². The lowest BCUT2D eigenvalue weighted by Gasteiger charge is -2.28. The third kappa shape index (κ3) is 2.97. The van der Waals surface area contributed by atoms with Crippen LogP contribution in [0, 0.1) is 11.3 Å². The highest BCUT2D eigenvalue weighted by molar-refractivity contribution is 9.10. The second kappa shape index (κ2) is 5.33. The summed E-state index contributed by atoms with van der Waals surface area (Å²) in [7, 11) is 0. The van der Waals surface area contributed by atoms with Crippen LogP contribution in [-0.2, 0) is 0 Å². The molecule has 0 aliphatic heterocycles.